The van der Waals surface area contributed by atoms with Crippen molar-refractivity contribution in [2.24, 2.45) is 0 Å². The van der Waals surface area contributed by atoms with E-state index >= 15 is 0 Å². The summed E-state index contributed by atoms with van der Waals surface area (Å²) in [5.74, 6) is 0.0178. The fourth-order valence-electron chi connectivity index (χ4n) is 1.33. The smallest absolute Gasteiger partial charge is 0.165 e. The second kappa shape index (κ2) is 6.86. The summed E-state index contributed by atoms with van der Waals surface area (Å²) in [6.45, 7) is 2.52. The lowest BCUT2D eigenvalue weighted by molar-refractivity contribution is 0.131. The van der Waals surface area contributed by atoms with Gasteiger partial charge in [0.2, 0.25) is 0 Å². The first-order valence-corrected chi connectivity index (χ1v) is 6.30. The topological polar surface area (TPSA) is 18.5 Å². The maximum absolute atomic E-state index is 13.5. The molecule has 1 rings (SSSR count). The number of ether oxygens (including phenoxy) is 2. The number of benzene rings is 1. The highest BCUT2D eigenvalue weighted by Crippen LogP contribution is 2.26. The summed E-state index contributed by atoms with van der Waals surface area (Å²) >= 11 is 3.31. The first-order chi connectivity index (χ1) is 7.69. The monoisotopic (exact) mass is 290 g/mol. The standard InChI is InChI=1S/C12H16BrFO2/c1-9(6-7-15-2)16-12-10(8-13)4-3-5-11(12)14/h3-5,9H,6-8H2,1-2H3. The van der Waals surface area contributed by atoms with Crippen LogP contribution >= 0.6 is 15.9 Å². The van der Waals surface area contributed by atoms with Crippen LogP contribution in [0.25, 0.3) is 0 Å². The van der Waals surface area contributed by atoms with E-state index in [2.05, 4.69) is 15.9 Å². The Kier molecular flexibility index (Phi) is 5.77. The van der Waals surface area contributed by atoms with E-state index in [4.69, 9.17) is 9.47 Å². The molecule has 0 heterocycles. The molecule has 16 heavy (non-hydrogen) atoms. The molecular weight excluding hydrogens is 275 g/mol. The van der Waals surface area contributed by atoms with Crippen LogP contribution in [0, 0.1) is 5.82 Å². The van der Waals surface area contributed by atoms with Gasteiger partial charge in [0.05, 0.1) is 6.10 Å². The predicted molar refractivity (Wildman–Crippen MR) is 65.6 cm³/mol. The van der Waals surface area contributed by atoms with Crippen LogP contribution in [-0.2, 0) is 10.1 Å². The fourth-order valence-corrected chi connectivity index (χ4v) is 1.78. The summed E-state index contributed by atoms with van der Waals surface area (Å²) in [6, 6.07) is 4.93. The molecule has 0 aromatic heterocycles. The van der Waals surface area contributed by atoms with Gasteiger partial charge in [-0.2, -0.15) is 0 Å². The van der Waals surface area contributed by atoms with Gasteiger partial charge < -0.3 is 9.47 Å². The third-order valence-corrected chi connectivity index (χ3v) is 2.84. The van der Waals surface area contributed by atoms with Crippen LogP contribution < -0.4 is 4.74 Å². The number of alkyl halides is 1. The van der Waals surface area contributed by atoms with Crippen LogP contribution in [0.5, 0.6) is 5.75 Å². The van der Waals surface area contributed by atoms with Crippen LogP contribution in [0.1, 0.15) is 18.9 Å². The summed E-state index contributed by atoms with van der Waals surface area (Å²) in [4.78, 5) is 0. The zero-order valence-corrected chi connectivity index (χ0v) is 11.1. The van der Waals surface area contributed by atoms with Crippen molar-refractivity contribution in [1.82, 2.24) is 0 Å². The third kappa shape index (κ3) is 3.76. The Hall–Kier alpha value is -0.610. The van der Waals surface area contributed by atoms with Gasteiger partial charge >= 0.3 is 0 Å². The van der Waals surface area contributed by atoms with Gasteiger partial charge in [0.25, 0.3) is 0 Å². The number of hydrogen-bond acceptors (Lipinski definition) is 2. The Morgan fingerprint density at radius 2 is 2.19 bits per heavy atom. The molecule has 0 N–H and O–H groups in total. The van der Waals surface area contributed by atoms with Gasteiger partial charge in [0, 0.05) is 31.0 Å². The van der Waals surface area contributed by atoms with Crippen LogP contribution in [0.15, 0.2) is 18.2 Å². The van der Waals surface area contributed by atoms with E-state index < -0.39 is 0 Å². The Morgan fingerprint density at radius 1 is 1.44 bits per heavy atom. The van der Waals surface area contributed by atoms with Crippen LogP contribution in [0.3, 0.4) is 0 Å². The maximum Gasteiger partial charge on any atom is 0.165 e. The van der Waals surface area contributed by atoms with Gasteiger partial charge in [-0.25, -0.2) is 4.39 Å². The van der Waals surface area contributed by atoms with Crippen molar-refractivity contribution < 1.29 is 13.9 Å². The van der Waals surface area contributed by atoms with Crippen LogP contribution in [0.2, 0.25) is 0 Å². The second-order valence-electron chi connectivity index (χ2n) is 3.57. The molecule has 1 unspecified atom stereocenters. The normalized spacial score (nSPS) is 12.5. The van der Waals surface area contributed by atoms with Gasteiger partial charge in [-0.05, 0) is 13.0 Å². The Morgan fingerprint density at radius 3 is 2.81 bits per heavy atom. The van der Waals surface area contributed by atoms with Crippen molar-refractivity contribution in [2.45, 2.75) is 24.8 Å². The van der Waals surface area contributed by atoms with E-state index in [0.717, 1.165) is 12.0 Å². The minimum atomic E-state index is -0.318. The first kappa shape index (κ1) is 13.5. The van der Waals surface area contributed by atoms with Gasteiger partial charge in [0.1, 0.15) is 0 Å². The van der Waals surface area contributed by atoms with Gasteiger partial charge in [0.15, 0.2) is 11.6 Å². The highest BCUT2D eigenvalue weighted by Gasteiger charge is 2.12. The zero-order valence-electron chi connectivity index (χ0n) is 9.50. The molecule has 0 radical (unpaired) electrons. The molecule has 0 fully saturated rings. The number of methoxy groups -OCH3 is 1. The average molecular weight is 291 g/mol. The molecular formula is C12H16BrFO2. The van der Waals surface area contributed by atoms with Gasteiger partial charge in [-0.15, -0.1) is 0 Å². The molecule has 1 atom stereocenters. The van der Waals surface area contributed by atoms with E-state index in [0.29, 0.717) is 17.7 Å². The summed E-state index contributed by atoms with van der Waals surface area (Å²) in [5, 5.41) is 0.580. The first-order valence-electron chi connectivity index (χ1n) is 5.18. The summed E-state index contributed by atoms with van der Waals surface area (Å²) in [5.41, 5.74) is 0.823. The van der Waals surface area contributed by atoms with Crippen molar-refractivity contribution in [3.8, 4) is 5.75 Å². The molecule has 90 valence electrons. The van der Waals surface area contributed by atoms with Crippen molar-refractivity contribution in [1.29, 1.82) is 0 Å². The zero-order chi connectivity index (χ0) is 12.0. The minimum Gasteiger partial charge on any atom is -0.487 e. The van der Waals surface area contributed by atoms with Crippen molar-refractivity contribution in [3.05, 3.63) is 29.6 Å². The second-order valence-corrected chi connectivity index (χ2v) is 4.13. The molecule has 0 amide bonds. The lowest BCUT2D eigenvalue weighted by atomic mass is 10.2. The predicted octanol–water partition coefficient (Wildman–Crippen LogP) is 3.52. The van der Waals surface area contributed by atoms with E-state index in [1.54, 1.807) is 13.2 Å². The van der Waals surface area contributed by atoms with Gasteiger partial charge in [-0.1, -0.05) is 28.1 Å². The molecule has 0 aliphatic carbocycles. The number of rotatable bonds is 6. The highest BCUT2D eigenvalue weighted by atomic mass is 79.9. The molecule has 2 nitrogen and oxygen atoms in total. The summed E-state index contributed by atoms with van der Waals surface area (Å²) in [6.07, 6.45) is 0.682. The molecule has 0 bridgehead atoms. The van der Waals surface area contributed by atoms with Crippen molar-refractivity contribution in [3.63, 3.8) is 0 Å². The fraction of sp³-hybridized carbons (Fsp3) is 0.500. The average Bonchev–Trinajstić information content (AvgIpc) is 2.29. The Labute approximate surface area is 104 Å². The molecule has 0 aliphatic heterocycles. The lowest BCUT2D eigenvalue weighted by Crippen LogP contribution is -2.15. The molecule has 1 aromatic carbocycles. The Balaban J connectivity index is 2.71. The maximum atomic E-state index is 13.5. The largest absolute Gasteiger partial charge is 0.487 e. The molecule has 0 saturated heterocycles. The quantitative estimate of drug-likeness (QED) is 0.747. The third-order valence-electron chi connectivity index (χ3n) is 2.24. The molecule has 4 heteroatoms. The minimum absolute atomic E-state index is 0.0605. The summed E-state index contributed by atoms with van der Waals surface area (Å²) < 4.78 is 24.1. The molecule has 1 aromatic rings. The molecule has 0 spiro atoms. The van der Waals surface area contributed by atoms with E-state index in [1.807, 2.05) is 13.0 Å². The van der Waals surface area contributed by atoms with E-state index in [-0.39, 0.29) is 11.9 Å². The number of halogens is 2. The van der Waals surface area contributed by atoms with E-state index in [9.17, 15) is 4.39 Å². The van der Waals surface area contributed by atoms with Gasteiger partial charge in [-0.3, -0.25) is 0 Å². The van der Waals surface area contributed by atoms with E-state index in [1.165, 1.54) is 6.07 Å². The SMILES string of the molecule is COCCC(C)Oc1c(F)cccc1CBr. The molecule has 0 aliphatic rings. The lowest BCUT2D eigenvalue weighted by Gasteiger charge is -2.17. The number of para-hydroxylation sites is 1. The highest BCUT2D eigenvalue weighted by molar-refractivity contribution is 9.08. The summed E-state index contributed by atoms with van der Waals surface area (Å²) in [7, 11) is 1.64. The number of hydrogen-bond donors (Lipinski definition) is 0. The van der Waals surface area contributed by atoms with Crippen molar-refractivity contribution >= 4 is 15.9 Å². The van der Waals surface area contributed by atoms with Crippen LogP contribution in [-0.4, -0.2) is 19.8 Å². The molecule has 0 saturated carbocycles. The Bertz CT molecular complexity index is 331. The van der Waals surface area contributed by atoms with Crippen LogP contribution in [0.4, 0.5) is 4.39 Å². The van der Waals surface area contributed by atoms with Crippen molar-refractivity contribution in [2.75, 3.05) is 13.7 Å².